The zero-order chi connectivity index (χ0) is 23.5. The van der Waals surface area contributed by atoms with Crippen LogP contribution in [0.2, 0.25) is 0 Å². The summed E-state index contributed by atoms with van der Waals surface area (Å²) in [5, 5.41) is 4.68. The Kier molecular flexibility index (Phi) is 5.65. The number of para-hydroxylation sites is 1. The molecule has 0 amide bonds. The van der Waals surface area contributed by atoms with Crippen molar-refractivity contribution in [1.29, 1.82) is 0 Å². The van der Waals surface area contributed by atoms with Gasteiger partial charge in [-0.15, -0.1) is 0 Å². The van der Waals surface area contributed by atoms with E-state index in [0.717, 1.165) is 28.7 Å². The Morgan fingerprint density at radius 3 is 1.91 bits per heavy atom. The molecule has 0 saturated heterocycles. The Bertz CT molecular complexity index is 1610. The number of ether oxygens (including phenoxy) is 1. The van der Waals surface area contributed by atoms with E-state index < -0.39 is 0 Å². The van der Waals surface area contributed by atoms with Gasteiger partial charge in [-0.2, -0.15) is 0 Å². The quantitative estimate of drug-likeness (QED) is 0.259. The summed E-state index contributed by atoms with van der Waals surface area (Å²) in [6.07, 6.45) is 8.37. The summed E-state index contributed by atoms with van der Waals surface area (Å²) in [5.41, 5.74) is 5.88. The van der Waals surface area contributed by atoms with E-state index in [1.54, 1.807) is 0 Å². The SMILES string of the molecule is c1ccc(-c2cccc3ccncc23)c(OCCc2ccc(-c3cccc4ccncc34)cc2)c1. The minimum atomic E-state index is 0.609. The summed E-state index contributed by atoms with van der Waals surface area (Å²) < 4.78 is 6.29. The molecule has 0 aliphatic carbocycles. The molecular formula is C32H24N2O. The van der Waals surface area contributed by atoms with Crippen molar-refractivity contribution < 1.29 is 4.74 Å². The molecule has 0 bridgehead atoms. The van der Waals surface area contributed by atoms with Crippen LogP contribution < -0.4 is 4.74 Å². The number of benzene rings is 4. The van der Waals surface area contributed by atoms with E-state index in [9.17, 15) is 0 Å². The molecule has 168 valence electrons. The molecular weight excluding hydrogens is 428 g/mol. The second-order valence-corrected chi connectivity index (χ2v) is 8.60. The average Bonchev–Trinajstić information content (AvgIpc) is 2.93. The van der Waals surface area contributed by atoms with Gasteiger partial charge in [0.15, 0.2) is 0 Å². The monoisotopic (exact) mass is 452 g/mol. The van der Waals surface area contributed by atoms with Crippen LogP contribution in [0.15, 0.2) is 122 Å². The van der Waals surface area contributed by atoms with Crippen LogP contribution in [0.1, 0.15) is 5.56 Å². The van der Waals surface area contributed by atoms with Crippen LogP contribution in [0.4, 0.5) is 0 Å². The lowest BCUT2D eigenvalue weighted by atomic mass is 9.98. The third-order valence-corrected chi connectivity index (χ3v) is 6.46. The maximum absolute atomic E-state index is 6.29. The number of fused-ring (bicyclic) bond motifs is 2. The molecule has 0 atom stereocenters. The van der Waals surface area contributed by atoms with Crippen LogP contribution >= 0.6 is 0 Å². The Morgan fingerprint density at radius 2 is 1.17 bits per heavy atom. The molecule has 0 N–H and O–H groups in total. The van der Waals surface area contributed by atoms with Crippen molar-refractivity contribution in [2.45, 2.75) is 6.42 Å². The highest BCUT2D eigenvalue weighted by Gasteiger charge is 2.10. The molecule has 0 spiro atoms. The van der Waals surface area contributed by atoms with Crippen molar-refractivity contribution in [1.82, 2.24) is 9.97 Å². The summed E-state index contributed by atoms with van der Waals surface area (Å²) in [6, 6.07) is 33.8. The molecule has 0 aliphatic heterocycles. The van der Waals surface area contributed by atoms with Crippen molar-refractivity contribution in [2.24, 2.45) is 0 Å². The van der Waals surface area contributed by atoms with Crippen LogP contribution in [-0.4, -0.2) is 16.6 Å². The molecule has 3 heteroatoms. The lowest BCUT2D eigenvalue weighted by Gasteiger charge is -2.13. The van der Waals surface area contributed by atoms with Gasteiger partial charge >= 0.3 is 0 Å². The third kappa shape index (κ3) is 4.24. The third-order valence-electron chi connectivity index (χ3n) is 6.46. The van der Waals surface area contributed by atoms with Crippen molar-refractivity contribution >= 4 is 21.5 Å². The van der Waals surface area contributed by atoms with E-state index in [0.29, 0.717) is 6.61 Å². The van der Waals surface area contributed by atoms with Gasteiger partial charge in [0, 0.05) is 47.5 Å². The first-order valence-corrected chi connectivity index (χ1v) is 11.8. The average molecular weight is 453 g/mol. The number of hydrogen-bond acceptors (Lipinski definition) is 3. The van der Waals surface area contributed by atoms with Crippen molar-refractivity contribution in [3.8, 4) is 28.0 Å². The molecule has 6 rings (SSSR count). The molecule has 0 unspecified atom stereocenters. The van der Waals surface area contributed by atoms with E-state index in [4.69, 9.17) is 4.74 Å². The zero-order valence-corrected chi connectivity index (χ0v) is 19.3. The van der Waals surface area contributed by atoms with Gasteiger partial charge in [-0.25, -0.2) is 0 Å². The van der Waals surface area contributed by atoms with Crippen LogP contribution in [0.25, 0.3) is 43.8 Å². The molecule has 0 saturated carbocycles. The fourth-order valence-electron chi connectivity index (χ4n) is 4.66. The maximum Gasteiger partial charge on any atom is 0.127 e. The predicted molar refractivity (Wildman–Crippen MR) is 144 cm³/mol. The van der Waals surface area contributed by atoms with Crippen LogP contribution in [0.5, 0.6) is 5.75 Å². The molecule has 2 aromatic heterocycles. The first kappa shape index (κ1) is 21.1. The molecule has 0 fully saturated rings. The summed E-state index contributed by atoms with van der Waals surface area (Å²) >= 11 is 0. The Balaban J connectivity index is 1.19. The fourth-order valence-corrected chi connectivity index (χ4v) is 4.66. The van der Waals surface area contributed by atoms with Crippen molar-refractivity contribution in [2.75, 3.05) is 6.61 Å². The first-order valence-electron chi connectivity index (χ1n) is 11.8. The lowest BCUT2D eigenvalue weighted by molar-refractivity contribution is 0.323. The highest BCUT2D eigenvalue weighted by Crippen LogP contribution is 2.35. The smallest absolute Gasteiger partial charge is 0.127 e. The predicted octanol–water partition coefficient (Wildman–Crippen LogP) is 7.74. The molecule has 0 radical (unpaired) electrons. The van der Waals surface area contributed by atoms with Crippen LogP contribution in [-0.2, 0) is 6.42 Å². The summed E-state index contributed by atoms with van der Waals surface area (Å²) in [4.78, 5) is 8.64. The lowest BCUT2D eigenvalue weighted by Crippen LogP contribution is -2.02. The number of aromatic nitrogens is 2. The first-order chi connectivity index (χ1) is 17.4. The van der Waals surface area contributed by atoms with Gasteiger partial charge < -0.3 is 4.74 Å². The highest BCUT2D eigenvalue weighted by atomic mass is 16.5. The topological polar surface area (TPSA) is 35.0 Å². The largest absolute Gasteiger partial charge is 0.493 e. The Hall–Kier alpha value is -4.50. The van der Waals surface area contributed by atoms with Gasteiger partial charge in [0.1, 0.15) is 5.75 Å². The zero-order valence-electron chi connectivity index (χ0n) is 19.3. The molecule has 2 heterocycles. The van der Waals surface area contributed by atoms with Gasteiger partial charge in [0.2, 0.25) is 0 Å². The minimum Gasteiger partial charge on any atom is -0.493 e. The molecule has 6 aromatic rings. The molecule has 0 aliphatic rings. The highest BCUT2D eigenvalue weighted by molar-refractivity contribution is 5.97. The summed E-state index contributed by atoms with van der Waals surface area (Å²) in [5.74, 6) is 0.892. The standard InChI is InChI=1S/C32H24N2O/c1-2-10-32(29(7-1)28-9-4-6-25-16-19-34-22-31(25)28)35-20-17-23-11-13-26(14-12-23)27-8-3-5-24-15-18-33-21-30(24)27/h1-16,18-19,21-22H,17,20H2. The van der Waals surface area contributed by atoms with E-state index in [1.807, 2.05) is 43.0 Å². The molecule has 4 aromatic carbocycles. The Labute approximate surface area is 204 Å². The van der Waals surface area contributed by atoms with E-state index >= 15 is 0 Å². The maximum atomic E-state index is 6.29. The van der Waals surface area contributed by atoms with E-state index in [-0.39, 0.29) is 0 Å². The van der Waals surface area contributed by atoms with Crippen LogP contribution in [0.3, 0.4) is 0 Å². The van der Waals surface area contributed by atoms with Gasteiger partial charge in [-0.3, -0.25) is 9.97 Å². The van der Waals surface area contributed by atoms with Gasteiger partial charge in [0.25, 0.3) is 0 Å². The van der Waals surface area contributed by atoms with E-state index in [2.05, 4.69) is 88.8 Å². The fraction of sp³-hybridized carbons (Fsp3) is 0.0625. The second-order valence-electron chi connectivity index (χ2n) is 8.60. The van der Waals surface area contributed by atoms with Crippen molar-refractivity contribution in [3.63, 3.8) is 0 Å². The number of pyridine rings is 2. The van der Waals surface area contributed by atoms with Crippen LogP contribution in [0, 0.1) is 0 Å². The number of nitrogens with zero attached hydrogens (tertiary/aromatic N) is 2. The number of rotatable bonds is 6. The Morgan fingerprint density at radius 1 is 0.543 bits per heavy atom. The van der Waals surface area contributed by atoms with Crippen molar-refractivity contribution in [3.05, 3.63) is 127 Å². The summed E-state index contributed by atoms with van der Waals surface area (Å²) in [6.45, 7) is 0.609. The minimum absolute atomic E-state index is 0.609. The number of hydrogen-bond donors (Lipinski definition) is 0. The van der Waals surface area contributed by atoms with Gasteiger partial charge in [-0.1, -0.05) is 78.9 Å². The molecule has 3 nitrogen and oxygen atoms in total. The summed E-state index contributed by atoms with van der Waals surface area (Å²) in [7, 11) is 0. The normalized spacial score (nSPS) is 11.1. The van der Waals surface area contributed by atoms with Gasteiger partial charge in [0.05, 0.1) is 6.61 Å². The van der Waals surface area contributed by atoms with E-state index in [1.165, 1.54) is 32.8 Å². The molecule has 35 heavy (non-hydrogen) atoms. The van der Waals surface area contributed by atoms with Gasteiger partial charge in [-0.05, 0) is 51.2 Å². The second kappa shape index (κ2) is 9.40.